The zero-order valence-electron chi connectivity index (χ0n) is 15.6. The maximum absolute atomic E-state index is 12.2. The van der Waals surface area contributed by atoms with Gasteiger partial charge in [0.2, 0.25) is 5.91 Å². The summed E-state index contributed by atoms with van der Waals surface area (Å²) in [6.07, 6.45) is 0.783. The molecule has 1 saturated heterocycles. The summed E-state index contributed by atoms with van der Waals surface area (Å²) >= 11 is 1.15. The molecule has 152 valence electrons. The molecule has 0 aliphatic carbocycles. The monoisotopic (exact) mass is 415 g/mol. The van der Waals surface area contributed by atoms with Crippen LogP contribution in [0.3, 0.4) is 0 Å². The molecule has 0 bridgehead atoms. The number of nitrogens with one attached hydrogen (secondary N) is 1. The lowest BCUT2D eigenvalue weighted by molar-refractivity contribution is -0.151. The number of nitrogens with zero attached hydrogens (tertiary/aromatic N) is 1. The highest BCUT2D eigenvalue weighted by molar-refractivity contribution is 7.14. The minimum atomic E-state index is -0.654. The van der Waals surface area contributed by atoms with Gasteiger partial charge in [0.05, 0.1) is 11.5 Å². The molecule has 1 aromatic heterocycles. The van der Waals surface area contributed by atoms with Crippen LogP contribution in [-0.4, -0.2) is 48.3 Å². The van der Waals surface area contributed by atoms with Crippen molar-refractivity contribution in [3.8, 4) is 0 Å². The molecule has 3 amide bonds. The van der Waals surface area contributed by atoms with Gasteiger partial charge in [0.1, 0.15) is 5.00 Å². The molecule has 3 rings (SSSR count). The summed E-state index contributed by atoms with van der Waals surface area (Å²) in [4.78, 5) is 49.3. The summed E-state index contributed by atoms with van der Waals surface area (Å²) in [6, 6.07) is 11.3. The molecule has 2 aromatic rings. The number of esters is 1. The Labute approximate surface area is 171 Å². The maximum atomic E-state index is 12.2. The number of likely N-dealkylation sites (tertiary alicyclic amines) is 1. The van der Waals surface area contributed by atoms with Gasteiger partial charge in [-0.3, -0.25) is 19.2 Å². The molecule has 1 atom stereocenters. The highest BCUT2D eigenvalue weighted by Gasteiger charge is 2.35. The van der Waals surface area contributed by atoms with Gasteiger partial charge in [-0.15, -0.1) is 11.3 Å². The molecular formula is C20H21N3O5S. The van der Waals surface area contributed by atoms with Crippen molar-refractivity contribution in [1.82, 2.24) is 4.90 Å². The number of amides is 3. The minimum absolute atomic E-state index is 0.0754. The second-order valence-electron chi connectivity index (χ2n) is 6.66. The number of nitrogens with two attached hydrogens (primary N) is 1. The molecule has 8 nitrogen and oxygen atoms in total. The van der Waals surface area contributed by atoms with Crippen molar-refractivity contribution in [2.75, 3.05) is 25.0 Å². The van der Waals surface area contributed by atoms with E-state index in [1.807, 2.05) is 30.3 Å². The fourth-order valence-corrected chi connectivity index (χ4v) is 3.88. The third-order valence-electron chi connectivity index (χ3n) is 4.59. The van der Waals surface area contributed by atoms with Crippen LogP contribution in [0.2, 0.25) is 0 Å². The van der Waals surface area contributed by atoms with Crippen molar-refractivity contribution in [3.05, 3.63) is 52.9 Å². The van der Waals surface area contributed by atoms with Crippen molar-refractivity contribution >= 4 is 40.0 Å². The summed E-state index contributed by atoms with van der Waals surface area (Å²) in [5.41, 5.74) is 6.54. The molecule has 0 spiro atoms. The van der Waals surface area contributed by atoms with Gasteiger partial charge in [0.15, 0.2) is 6.61 Å². The van der Waals surface area contributed by atoms with E-state index in [2.05, 4.69) is 5.32 Å². The number of hydrogen-bond acceptors (Lipinski definition) is 6. The lowest BCUT2D eigenvalue weighted by Crippen LogP contribution is -2.29. The van der Waals surface area contributed by atoms with E-state index in [1.54, 1.807) is 10.3 Å². The van der Waals surface area contributed by atoms with Gasteiger partial charge < -0.3 is 20.7 Å². The first-order valence-corrected chi connectivity index (χ1v) is 9.97. The van der Waals surface area contributed by atoms with Crippen molar-refractivity contribution in [1.29, 1.82) is 0 Å². The van der Waals surface area contributed by atoms with E-state index in [9.17, 15) is 19.2 Å². The Balaban J connectivity index is 1.44. The van der Waals surface area contributed by atoms with Gasteiger partial charge in [0.25, 0.3) is 11.8 Å². The highest BCUT2D eigenvalue weighted by atomic mass is 32.1. The van der Waals surface area contributed by atoms with Crippen LogP contribution in [0.15, 0.2) is 41.8 Å². The Hall–Kier alpha value is -3.20. The molecular weight excluding hydrogens is 394 g/mol. The number of hydrogen-bond donors (Lipinski definition) is 2. The quantitative estimate of drug-likeness (QED) is 0.632. The highest BCUT2D eigenvalue weighted by Crippen LogP contribution is 2.23. The van der Waals surface area contributed by atoms with Gasteiger partial charge in [-0.1, -0.05) is 30.3 Å². The molecule has 1 aliphatic rings. The van der Waals surface area contributed by atoms with Crippen molar-refractivity contribution in [2.45, 2.75) is 12.8 Å². The molecule has 1 aromatic carbocycles. The number of rotatable bonds is 8. The van der Waals surface area contributed by atoms with Crippen LogP contribution in [0.4, 0.5) is 5.00 Å². The van der Waals surface area contributed by atoms with E-state index in [0.29, 0.717) is 18.0 Å². The number of benzene rings is 1. The third kappa shape index (κ3) is 5.41. The largest absolute Gasteiger partial charge is 0.455 e. The number of anilines is 1. The molecule has 9 heteroatoms. The molecule has 1 fully saturated rings. The summed E-state index contributed by atoms with van der Waals surface area (Å²) in [6.45, 7) is 0.313. The normalized spacial score (nSPS) is 15.9. The number of thiophene rings is 1. The van der Waals surface area contributed by atoms with E-state index < -0.39 is 30.3 Å². The van der Waals surface area contributed by atoms with Gasteiger partial charge >= 0.3 is 5.97 Å². The minimum Gasteiger partial charge on any atom is -0.455 e. The number of ether oxygens (including phenoxy) is 1. The van der Waals surface area contributed by atoms with E-state index in [1.165, 1.54) is 6.07 Å². The number of primary amides is 1. The van der Waals surface area contributed by atoms with Crippen LogP contribution in [0.1, 0.15) is 22.3 Å². The van der Waals surface area contributed by atoms with Gasteiger partial charge in [-0.2, -0.15) is 0 Å². The summed E-state index contributed by atoms with van der Waals surface area (Å²) < 4.78 is 5.05. The predicted octanol–water partition coefficient (Wildman–Crippen LogP) is 1.42. The van der Waals surface area contributed by atoms with E-state index in [0.717, 1.165) is 16.9 Å². The molecule has 0 unspecified atom stereocenters. The van der Waals surface area contributed by atoms with Crippen LogP contribution < -0.4 is 11.1 Å². The Morgan fingerprint density at radius 1 is 1.21 bits per heavy atom. The van der Waals surface area contributed by atoms with Crippen molar-refractivity contribution in [2.24, 2.45) is 11.7 Å². The second-order valence-corrected chi connectivity index (χ2v) is 7.58. The summed E-state index contributed by atoms with van der Waals surface area (Å²) in [5, 5.41) is 4.43. The van der Waals surface area contributed by atoms with Crippen LogP contribution in [0.25, 0.3) is 0 Å². The van der Waals surface area contributed by atoms with Crippen LogP contribution in [0, 0.1) is 5.92 Å². The Morgan fingerprint density at radius 3 is 2.69 bits per heavy atom. The van der Waals surface area contributed by atoms with Gasteiger partial charge in [-0.25, -0.2) is 0 Å². The van der Waals surface area contributed by atoms with Crippen molar-refractivity contribution in [3.63, 3.8) is 0 Å². The first-order chi connectivity index (χ1) is 13.9. The van der Waals surface area contributed by atoms with Crippen molar-refractivity contribution < 1.29 is 23.9 Å². The Morgan fingerprint density at radius 2 is 1.97 bits per heavy atom. The van der Waals surface area contributed by atoms with Crippen LogP contribution in [-0.2, 0) is 25.5 Å². The van der Waals surface area contributed by atoms with Crippen LogP contribution >= 0.6 is 11.3 Å². The second kappa shape index (κ2) is 9.33. The average Bonchev–Trinajstić information content (AvgIpc) is 3.32. The van der Waals surface area contributed by atoms with Gasteiger partial charge in [0, 0.05) is 19.5 Å². The first-order valence-electron chi connectivity index (χ1n) is 9.09. The summed E-state index contributed by atoms with van der Waals surface area (Å²) in [7, 11) is 0. The summed E-state index contributed by atoms with van der Waals surface area (Å²) in [5.74, 6) is -2.50. The van der Waals surface area contributed by atoms with Gasteiger partial charge in [-0.05, 0) is 23.4 Å². The first kappa shape index (κ1) is 20.5. The molecule has 0 radical (unpaired) electrons. The van der Waals surface area contributed by atoms with Crippen LogP contribution in [0.5, 0.6) is 0 Å². The zero-order chi connectivity index (χ0) is 20.8. The topological polar surface area (TPSA) is 119 Å². The molecule has 3 N–H and O–H groups in total. The fourth-order valence-electron chi connectivity index (χ4n) is 3.07. The standard InChI is InChI=1S/C20H21N3O5S/c21-18(26)15-7-9-29-19(15)22-16(24)12-28-20(27)14-10-17(25)23(11-14)8-6-13-4-2-1-3-5-13/h1-5,7,9,14H,6,8,10-12H2,(H2,21,26)(H,22,24)/t14-/m1/s1. The smallest absolute Gasteiger partial charge is 0.311 e. The lowest BCUT2D eigenvalue weighted by atomic mass is 10.1. The van der Waals surface area contributed by atoms with E-state index >= 15 is 0 Å². The maximum Gasteiger partial charge on any atom is 0.311 e. The SMILES string of the molecule is NC(=O)c1ccsc1NC(=O)COC(=O)[C@@H]1CC(=O)N(CCc2ccccc2)C1. The third-order valence-corrected chi connectivity index (χ3v) is 5.42. The molecule has 0 saturated carbocycles. The molecule has 1 aliphatic heterocycles. The zero-order valence-corrected chi connectivity index (χ0v) is 16.4. The lowest BCUT2D eigenvalue weighted by Gasteiger charge is -2.16. The van der Waals surface area contributed by atoms with E-state index in [-0.39, 0.29) is 24.4 Å². The molecule has 29 heavy (non-hydrogen) atoms. The molecule has 2 heterocycles. The number of carbonyl (C=O) groups excluding carboxylic acids is 4. The Kier molecular flexibility index (Phi) is 6.61. The average molecular weight is 415 g/mol. The van der Waals surface area contributed by atoms with E-state index in [4.69, 9.17) is 10.5 Å². The predicted molar refractivity (Wildman–Crippen MR) is 107 cm³/mol. The fraction of sp³-hybridized carbons (Fsp3) is 0.300. The Bertz CT molecular complexity index is 912. The number of carbonyl (C=O) groups is 4.